The largest absolute Gasteiger partial charge is 0.417 e. The van der Waals surface area contributed by atoms with Crippen LogP contribution < -0.4 is 5.32 Å². The van der Waals surface area contributed by atoms with Crippen LogP contribution in [-0.2, 0) is 4.43 Å². The summed E-state index contributed by atoms with van der Waals surface area (Å²) >= 11 is 6.03. The Balaban J connectivity index is 1.95. The highest BCUT2D eigenvalue weighted by atomic mass is 35.5. The number of pyridine rings is 1. The lowest BCUT2D eigenvalue weighted by Gasteiger charge is -2.36. The lowest BCUT2D eigenvalue weighted by Crippen LogP contribution is -2.41. The van der Waals surface area contributed by atoms with E-state index in [-0.39, 0.29) is 22.8 Å². The van der Waals surface area contributed by atoms with Crippen molar-refractivity contribution in [3.8, 4) is 0 Å². The quantitative estimate of drug-likeness (QED) is 0.364. The predicted molar refractivity (Wildman–Crippen MR) is 107 cm³/mol. The minimum absolute atomic E-state index is 0.167. The van der Waals surface area contributed by atoms with Crippen molar-refractivity contribution in [2.45, 2.75) is 71.1 Å². The van der Waals surface area contributed by atoms with Crippen LogP contribution >= 0.6 is 11.6 Å². The maximum Gasteiger partial charge on any atom is 0.191 e. The summed E-state index contributed by atoms with van der Waals surface area (Å²) in [6.07, 6.45) is 4.45. The van der Waals surface area contributed by atoms with Crippen molar-refractivity contribution in [2.75, 3.05) is 11.9 Å². The highest BCUT2D eigenvalue weighted by molar-refractivity contribution is 6.74. The van der Waals surface area contributed by atoms with Gasteiger partial charge in [-0.2, -0.15) is 0 Å². The Bertz CT molecular complexity index is 624. The average Bonchev–Trinajstić information content (AvgIpc) is 3.30. The summed E-state index contributed by atoms with van der Waals surface area (Å²) in [5, 5.41) is 4.05. The van der Waals surface area contributed by atoms with E-state index >= 15 is 0 Å². The zero-order valence-corrected chi connectivity index (χ0v) is 18.0. The molecule has 0 unspecified atom stereocenters. The van der Waals surface area contributed by atoms with Crippen LogP contribution in [0.5, 0.6) is 0 Å². The second kappa shape index (κ2) is 7.76. The van der Waals surface area contributed by atoms with Gasteiger partial charge in [-0.25, -0.2) is 4.98 Å². The van der Waals surface area contributed by atoms with Crippen LogP contribution in [0.25, 0.3) is 0 Å². The van der Waals surface area contributed by atoms with Crippen molar-refractivity contribution < 1.29 is 9.22 Å². The Labute approximate surface area is 157 Å². The first-order valence-corrected chi connectivity index (χ1v) is 12.4. The molecule has 1 heterocycles. The van der Waals surface area contributed by atoms with Crippen molar-refractivity contribution in [3.05, 3.63) is 23.0 Å². The van der Waals surface area contributed by atoms with Gasteiger partial charge in [-0.1, -0.05) is 32.4 Å². The molecule has 0 spiro atoms. The molecule has 6 heteroatoms. The fourth-order valence-electron chi connectivity index (χ4n) is 2.36. The summed E-state index contributed by atoms with van der Waals surface area (Å²) < 4.78 is 6.25. The van der Waals surface area contributed by atoms with Crippen LogP contribution in [0.1, 0.15) is 57.3 Å². The molecule has 1 aliphatic rings. The van der Waals surface area contributed by atoms with E-state index < -0.39 is 8.32 Å². The molecule has 25 heavy (non-hydrogen) atoms. The molecule has 2 rings (SSSR count). The Hall–Kier alpha value is -0.913. The van der Waals surface area contributed by atoms with Gasteiger partial charge >= 0.3 is 0 Å². The van der Waals surface area contributed by atoms with Gasteiger partial charge < -0.3 is 9.74 Å². The van der Waals surface area contributed by atoms with Gasteiger partial charge in [-0.3, -0.25) is 4.79 Å². The molecule has 4 nitrogen and oxygen atoms in total. The van der Waals surface area contributed by atoms with E-state index in [1.807, 2.05) is 0 Å². The molecule has 1 fully saturated rings. The number of nitrogens with one attached hydrogen (secondary N) is 1. The van der Waals surface area contributed by atoms with E-state index in [1.54, 1.807) is 12.3 Å². The summed E-state index contributed by atoms with van der Waals surface area (Å²) in [4.78, 5) is 16.5. The van der Waals surface area contributed by atoms with Crippen molar-refractivity contribution in [1.29, 1.82) is 0 Å². The van der Waals surface area contributed by atoms with E-state index in [2.05, 4.69) is 51.1 Å². The lowest BCUT2D eigenvalue weighted by molar-refractivity contribution is 0.0968. The van der Waals surface area contributed by atoms with Crippen molar-refractivity contribution >= 4 is 31.4 Å². The maximum atomic E-state index is 12.4. The zero-order valence-electron chi connectivity index (χ0n) is 16.3. The van der Waals surface area contributed by atoms with E-state index in [0.717, 1.165) is 31.6 Å². The monoisotopic (exact) mass is 382 g/mol. The zero-order chi connectivity index (χ0) is 18.8. The van der Waals surface area contributed by atoms with E-state index in [4.69, 9.17) is 16.0 Å². The molecule has 0 amide bonds. The van der Waals surface area contributed by atoms with Crippen molar-refractivity contribution in [1.82, 2.24) is 4.98 Å². The third-order valence-corrected chi connectivity index (χ3v) is 10.1. The molecule has 1 atom stereocenters. The summed E-state index contributed by atoms with van der Waals surface area (Å²) in [5.41, 5.74) is 1.45. The van der Waals surface area contributed by atoms with Gasteiger partial charge in [0.1, 0.15) is 5.15 Å². The standard InChI is InChI=1S/C19H31ClN2O2Si/c1-13(9-10-24-25(5,6)19(2,3)4)22-16-11-17(20)21-12-15(16)18(23)14-7-8-14/h11-14H,7-10H2,1-6H3,(H,21,22)/t13-/m0/s1. The molecule has 0 aliphatic heterocycles. The smallest absolute Gasteiger partial charge is 0.191 e. The van der Waals surface area contributed by atoms with E-state index in [1.165, 1.54) is 0 Å². The summed E-state index contributed by atoms with van der Waals surface area (Å²) in [6.45, 7) is 14.1. The first-order valence-electron chi connectivity index (χ1n) is 9.11. The number of rotatable bonds is 8. The number of aromatic nitrogens is 1. The third kappa shape index (κ3) is 5.53. The molecule has 0 radical (unpaired) electrons. The van der Waals surface area contributed by atoms with Gasteiger partial charge in [0.25, 0.3) is 0 Å². The number of hydrogen-bond acceptors (Lipinski definition) is 4. The molecular formula is C19H31ClN2O2Si. The fraction of sp³-hybridized carbons (Fsp3) is 0.684. The summed E-state index contributed by atoms with van der Waals surface area (Å²) in [6, 6.07) is 1.94. The third-order valence-electron chi connectivity index (χ3n) is 5.31. The molecule has 1 aliphatic carbocycles. The number of halogens is 1. The second-order valence-electron chi connectivity index (χ2n) is 8.63. The molecule has 0 aromatic carbocycles. The van der Waals surface area contributed by atoms with Gasteiger partial charge in [0.05, 0.1) is 5.56 Å². The first kappa shape index (κ1) is 20.4. The number of hydrogen-bond donors (Lipinski definition) is 1. The number of carbonyl (C=O) groups is 1. The molecule has 1 saturated carbocycles. The second-order valence-corrected chi connectivity index (χ2v) is 13.8. The van der Waals surface area contributed by atoms with Crippen LogP contribution in [0.4, 0.5) is 5.69 Å². The number of anilines is 1. The van der Waals surface area contributed by atoms with Crippen LogP contribution in [0.15, 0.2) is 12.3 Å². The van der Waals surface area contributed by atoms with Crippen LogP contribution in [0, 0.1) is 5.92 Å². The Morgan fingerprint density at radius 2 is 2.08 bits per heavy atom. The van der Waals surface area contributed by atoms with Crippen LogP contribution in [0.2, 0.25) is 23.3 Å². The maximum absolute atomic E-state index is 12.4. The van der Waals surface area contributed by atoms with Gasteiger partial charge in [0.2, 0.25) is 0 Å². The fourth-order valence-corrected chi connectivity index (χ4v) is 3.58. The minimum Gasteiger partial charge on any atom is -0.417 e. The number of Topliss-reactive ketones (excluding diaryl/α,β-unsaturated/α-hetero) is 1. The Morgan fingerprint density at radius 1 is 1.44 bits per heavy atom. The topological polar surface area (TPSA) is 51.2 Å². The SMILES string of the molecule is C[C@@H](CCO[Si](C)(C)C(C)(C)C)Nc1cc(Cl)ncc1C(=O)C1CC1. The van der Waals surface area contributed by atoms with E-state index in [0.29, 0.717) is 10.7 Å². The van der Waals surface area contributed by atoms with Crippen molar-refractivity contribution in [2.24, 2.45) is 5.92 Å². The summed E-state index contributed by atoms with van der Waals surface area (Å²) in [7, 11) is -1.72. The predicted octanol–water partition coefficient (Wildman–Crippen LogP) is 5.54. The molecule has 0 bridgehead atoms. The Kier molecular flexibility index (Phi) is 6.34. The highest BCUT2D eigenvalue weighted by Gasteiger charge is 2.37. The molecule has 1 aromatic rings. The number of nitrogens with zero attached hydrogens (tertiary/aromatic N) is 1. The van der Waals surface area contributed by atoms with Gasteiger partial charge in [-0.15, -0.1) is 0 Å². The molecule has 0 saturated heterocycles. The average molecular weight is 383 g/mol. The lowest BCUT2D eigenvalue weighted by atomic mass is 10.1. The molecular weight excluding hydrogens is 352 g/mol. The summed E-state index contributed by atoms with van der Waals surface area (Å²) in [5.74, 6) is 0.345. The number of carbonyl (C=O) groups excluding carboxylic acids is 1. The van der Waals surface area contributed by atoms with Gasteiger partial charge in [-0.05, 0) is 50.4 Å². The van der Waals surface area contributed by atoms with Gasteiger partial charge in [0.15, 0.2) is 14.1 Å². The molecule has 1 N–H and O–H groups in total. The molecule has 140 valence electrons. The number of ketones is 1. The normalized spacial score (nSPS) is 16.6. The first-order chi connectivity index (χ1) is 11.5. The van der Waals surface area contributed by atoms with E-state index in [9.17, 15) is 4.79 Å². The Morgan fingerprint density at radius 3 is 2.64 bits per heavy atom. The highest BCUT2D eigenvalue weighted by Crippen LogP contribution is 2.37. The molecule has 1 aromatic heterocycles. The van der Waals surface area contributed by atoms with Gasteiger partial charge in [0, 0.05) is 30.5 Å². The van der Waals surface area contributed by atoms with Crippen LogP contribution in [0.3, 0.4) is 0 Å². The minimum atomic E-state index is -1.72. The van der Waals surface area contributed by atoms with Crippen molar-refractivity contribution in [3.63, 3.8) is 0 Å². The van der Waals surface area contributed by atoms with Crippen LogP contribution in [-0.4, -0.2) is 31.7 Å².